The van der Waals surface area contributed by atoms with E-state index in [1.807, 2.05) is 24.3 Å². The summed E-state index contributed by atoms with van der Waals surface area (Å²) >= 11 is 3.35. The number of carbonyl (C=O) groups is 2. The average molecular weight is 330 g/mol. The number of imide groups is 1. The minimum Gasteiger partial charge on any atom is -0.383 e. The molecular weight excluding hydrogens is 314 g/mol. The summed E-state index contributed by atoms with van der Waals surface area (Å²) in [6.07, 6.45) is 0. The van der Waals surface area contributed by atoms with Gasteiger partial charge in [-0.05, 0) is 28.1 Å². The third-order valence-corrected chi connectivity index (χ3v) is 2.85. The predicted molar refractivity (Wildman–Crippen MR) is 76.0 cm³/mol. The van der Waals surface area contributed by atoms with Gasteiger partial charge in [0.05, 0.1) is 13.2 Å². The van der Waals surface area contributed by atoms with Gasteiger partial charge in [0.15, 0.2) is 0 Å². The van der Waals surface area contributed by atoms with Crippen LogP contribution in [0.5, 0.6) is 0 Å². The number of methoxy groups -OCH3 is 1. The Morgan fingerprint density at radius 2 is 2.05 bits per heavy atom. The quantitative estimate of drug-likeness (QED) is 0.688. The van der Waals surface area contributed by atoms with Crippen molar-refractivity contribution in [3.05, 3.63) is 28.7 Å². The molecule has 0 radical (unpaired) electrons. The lowest BCUT2D eigenvalue weighted by Gasteiger charge is -2.09. The number of carbonyl (C=O) groups excluding carboxylic acids is 2. The largest absolute Gasteiger partial charge is 0.383 e. The molecule has 6 nitrogen and oxygen atoms in total. The van der Waals surface area contributed by atoms with E-state index >= 15 is 0 Å². The average Bonchev–Trinajstić information content (AvgIpc) is 2.38. The topological polar surface area (TPSA) is 79.5 Å². The van der Waals surface area contributed by atoms with Crippen LogP contribution in [0.4, 0.5) is 10.5 Å². The lowest BCUT2D eigenvalue weighted by atomic mass is 10.3. The molecule has 1 aromatic carbocycles. The number of para-hydroxylation sites is 1. The zero-order valence-electron chi connectivity index (χ0n) is 10.5. The summed E-state index contributed by atoms with van der Waals surface area (Å²) in [7, 11) is 1.53. The Kier molecular flexibility index (Phi) is 6.91. The van der Waals surface area contributed by atoms with Gasteiger partial charge in [0.1, 0.15) is 0 Å². The van der Waals surface area contributed by atoms with Crippen LogP contribution in [0, 0.1) is 0 Å². The summed E-state index contributed by atoms with van der Waals surface area (Å²) in [5.41, 5.74) is 0.789. The Bertz CT molecular complexity index is 440. The monoisotopic (exact) mass is 329 g/mol. The van der Waals surface area contributed by atoms with Crippen molar-refractivity contribution in [2.75, 3.05) is 32.1 Å². The van der Waals surface area contributed by atoms with E-state index in [4.69, 9.17) is 4.74 Å². The first kappa shape index (κ1) is 15.5. The number of hydrogen-bond donors (Lipinski definition) is 3. The lowest BCUT2D eigenvalue weighted by molar-refractivity contribution is -0.118. The molecule has 1 rings (SSSR count). The van der Waals surface area contributed by atoms with Crippen molar-refractivity contribution in [2.45, 2.75) is 0 Å². The van der Waals surface area contributed by atoms with Crippen LogP contribution >= 0.6 is 15.9 Å². The van der Waals surface area contributed by atoms with Gasteiger partial charge in [0.25, 0.3) is 0 Å². The van der Waals surface area contributed by atoms with E-state index in [2.05, 4.69) is 31.9 Å². The summed E-state index contributed by atoms with van der Waals surface area (Å²) in [5, 5.41) is 7.62. The Balaban J connectivity index is 2.28. The molecule has 0 bridgehead atoms. The summed E-state index contributed by atoms with van der Waals surface area (Å²) in [5.74, 6) is -0.411. The molecule has 104 valence electrons. The van der Waals surface area contributed by atoms with Crippen LogP contribution in [-0.2, 0) is 9.53 Å². The standard InChI is InChI=1S/C12H16BrN3O3/c1-19-7-6-14-12(18)16-11(17)8-15-10-5-3-2-4-9(10)13/h2-5,15H,6-8H2,1H3,(H2,14,16,17,18). The van der Waals surface area contributed by atoms with Gasteiger partial charge >= 0.3 is 6.03 Å². The highest BCUT2D eigenvalue weighted by Crippen LogP contribution is 2.20. The molecule has 0 aliphatic heterocycles. The van der Waals surface area contributed by atoms with E-state index in [0.717, 1.165) is 10.2 Å². The lowest BCUT2D eigenvalue weighted by Crippen LogP contribution is -2.42. The summed E-state index contributed by atoms with van der Waals surface area (Å²) in [6.45, 7) is 0.768. The fourth-order valence-electron chi connectivity index (χ4n) is 1.26. The number of halogens is 1. The molecule has 0 heterocycles. The van der Waals surface area contributed by atoms with Crippen LogP contribution in [0.2, 0.25) is 0 Å². The van der Waals surface area contributed by atoms with Crippen LogP contribution in [0.15, 0.2) is 28.7 Å². The van der Waals surface area contributed by atoms with Gasteiger partial charge in [-0.1, -0.05) is 12.1 Å². The van der Waals surface area contributed by atoms with Gasteiger partial charge < -0.3 is 15.4 Å². The molecule has 0 fully saturated rings. The maximum atomic E-state index is 11.5. The molecule has 3 N–H and O–H groups in total. The molecule has 19 heavy (non-hydrogen) atoms. The Morgan fingerprint density at radius 1 is 1.32 bits per heavy atom. The molecule has 0 saturated heterocycles. The number of anilines is 1. The second-order valence-corrected chi connectivity index (χ2v) is 4.48. The molecule has 0 aliphatic carbocycles. The maximum absolute atomic E-state index is 11.5. The van der Waals surface area contributed by atoms with E-state index in [1.54, 1.807) is 0 Å². The van der Waals surface area contributed by atoms with Gasteiger partial charge in [-0.2, -0.15) is 0 Å². The minimum absolute atomic E-state index is 0.0142. The molecule has 0 aliphatic rings. The molecule has 0 saturated carbocycles. The molecule has 0 aromatic heterocycles. The first-order chi connectivity index (χ1) is 9.13. The summed E-state index contributed by atoms with van der Waals surface area (Å²) < 4.78 is 5.62. The van der Waals surface area contributed by atoms with Crippen LogP contribution < -0.4 is 16.0 Å². The second-order valence-electron chi connectivity index (χ2n) is 3.63. The van der Waals surface area contributed by atoms with Gasteiger partial charge in [-0.25, -0.2) is 4.79 Å². The normalized spacial score (nSPS) is 9.79. The van der Waals surface area contributed by atoms with Crippen LogP contribution in [0.3, 0.4) is 0 Å². The molecule has 1 aromatic rings. The fraction of sp³-hybridized carbons (Fsp3) is 0.333. The van der Waals surface area contributed by atoms with Crippen molar-refractivity contribution in [2.24, 2.45) is 0 Å². The SMILES string of the molecule is COCCNC(=O)NC(=O)CNc1ccccc1Br. The highest BCUT2D eigenvalue weighted by Gasteiger charge is 2.07. The number of ether oxygens (including phenoxy) is 1. The van der Waals surface area contributed by atoms with Crippen LogP contribution in [0.25, 0.3) is 0 Å². The van der Waals surface area contributed by atoms with E-state index in [0.29, 0.717) is 13.2 Å². The summed E-state index contributed by atoms with van der Waals surface area (Å²) in [4.78, 5) is 22.8. The van der Waals surface area contributed by atoms with Crippen molar-refractivity contribution in [1.29, 1.82) is 0 Å². The highest BCUT2D eigenvalue weighted by atomic mass is 79.9. The molecule has 0 unspecified atom stereocenters. The summed E-state index contributed by atoms with van der Waals surface area (Å²) in [6, 6.07) is 6.88. The molecule has 0 atom stereocenters. The first-order valence-corrected chi connectivity index (χ1v) is 6.48. The number of benzene rings is 1. The van der Waals surface area contributed by atoms with Crippen molar-refractivity contribution >= 4 is 33.6 Å². The van der Waals surface area contributed by atoms with Crippen molar-refractivity contribution in [1.82, 2.24) is 10.6 Å². The highest BCUT2D eigenvalue weighted by molar-refractivity contribution is 9.10. The van der Waals surface area contributed by atoms with E-state index in [9.17, 15) is 9.59 Å². The number of nitrogens with one attached hydrogen (secondary N) is 3. The maximum Gasteiger partial charge on any atom is 0.321 e. The number of urea groups is 1. The fourth-order valence-corrected chi connectivity index (χ4v) is 1.69. The van der Waals surface area contributed by atoms with Crippen molar-refractivity contribution in [3.8, 4) is 0 Å². The van der Waals surface area contributed by atoms with E-state index in [-0.39, 0.29) is 6.54 Å². The van der Waals surface area contributed by atoms with Crippen molar-refractivity contribution in [3.63, 3.8) is 0 Å². The first-order valence-electron chi connectivity index (χ1n) is 5.68. The van der Waals surface area contributed by atoms with Crippen molar-refractivity contribution < 1.29 is 14.3 Å². The smallest absolute Gasteiger partial charge is 0.321 e. The second kappa shape index (κ2) is 8.49. The Hall–Kier alpha value is -1.60. The molecular formula is C12H16BrN3O3. The van der Waals surface area contributed by atoms with Crippen LogP contribution in [0.1, 0.15) is 0 Å². The zero-order chi connectivity index (χ0) is 14.1. The number of rotatable bonds is 6. The van der Waals surface area contributed by atoms with Crippen LogP contribution in [-0.4, -0.2) is 38.7 Å². The molecule has 7 heteroatoms. The Morgan fingerprint density at radius 3 is 2.74 bits per heavy atom. The Labute approximate surface area is 120 Å². The van der Waals surface area contributed by atoms with Gasteiger partial charge in [-0.15, -0.1) is 0 Å². The van der Waals surface area contributed by atoms with Gasteiger partial charge in [-0.3, -0.25) is 10.1 Å². The van der Waals surface area contributed by atoms with E-state index < -0.39 is 11.9 Å². The zero-order valence-corrected chi connectivity index (χ0v) is 12.1. The molecule has 3 amide bonds. The number of amides is 3. The van der Waals surface area contributed by atoms with Gasteiger partial charge in [0, 0.05) is 23.8 Å². The minimum atomic E-state index is -0.532. The third kappa shape index (κ3) is 6.21. The van der Waals surface area contributed by atoms with E-state index in [1.165, 1.54) is 7.11 Å². The van der Waals surface area contributed by atoms with Gasteiger partial charge in [0.2, 0.25) is 5.91 Å². The predicted octanol–water partition coefficient (Wildman–Crippen LogP) is 1.33. The number of hydrogen-bond acceptors (Lipinski definition) is 4. The molecule has 0 spiro atoms. The third-order valence-electron chi connectivity index (χ3n) is 2.16.